The molecule has 0 amide bonds. The molecule has 0 radical (unpaired) electrons. The number of benzene rings is 1. The fourth-order valence-electron chi connectivity index (χ4n) is 1.30. The Kier molecular flexibility index (Phi) is 1.64. The quantitative estimate of drug-likeness (QED) is 0.523. The monoisotopic (exact) mass is 140 g/mol. The van der Waals surface area contributed by atoms with Crippen molar-refractivity contribution in [3.63, 3.8) is 0 Å². The summed E-state index contributed by atoms with van der Waals surface area (Å²) in [4.78, 5) is 0. The molecule has 1 aliphatic rings. The van der Waals surface area contributed by atoms with Crippen LogP contribution in [-0.4, -0.2) is 7.28 Å². The van der Waals surface area contributed by atoms with Crippen molar-refractivity contribution in [3.8, 4) is 0 Å². The van der Waals surface area contributed by atoms with Gasteiger partial charge in [-0.05, 0) is 11.1 Å². The number of allylic oxidation sites excluding steroid dienone is 2. The van der Waals surface area contributed by atoms with E-state index in [1.807, 2.05) is 6.07 Å². The van der Waals surface area contributed by atoms with Crippen LogP contribution in [0.1, 0.15) is 5.56 Å². The first kappa shape index (κ1) is 6.47. The second-order valence-corrected chi connectivity index (χ2v) is 2.66. The van der Waals surface area contributed by atoms with Crippen LogP contribution in [0.15, 0.2) is 48.4 Å². The smallest absolute Gasteiger partial charge is 0.114 e. The summed E-state index contributed by atoms with van der Waals surface area (Å²) in [5, 5.41) is 0. The van der Waals surface area contributed by atoms with Gasteiger partial charge in [-0.2, -0.15) is 0 Å². The largest absolute Gasteiger partial charge is 0.174 e. The minimum atomic E-state index is 1.09. The van der Waals surface area contributed by atoms with Crippen molar-refractivity contribution < 1.29 is 0 Å². The third-order valence-electron chi connectivity index (χ3n) is 1.88. The molecule has 0 atom stereocenters. The standard InChI is InChI=1S/C10H9B/c1-2-4-9(5-3-1)10-6-7-11-8-10/h1-8,11H. The van der Waals surface area contributed by atoms with E-state index in [1.54, 1.807) is 0 Å². The predicted octanol–water partition coefficient (Wildman–Crippen LogP) is 1.99. The van der Waals surface area contributed by atoms with Crippen LogP contribution in [0, 0.1) is 0 Å². The molecule has 0 bridgehead atoms. The van der Waals surface area contributed by atoms with Gasteiger partial charge in [0.25, 0.3) is 0 Å². The van der Waals surface area contributed by atoms with Gasteiger partial charge in [0.2, 0.25) is 0 Å². The van der Waals surface area contributed by atoms with E-state index < -0.39 is 0 Å². The highest BCUT2D eigenvalue weighted by Crippen LogP contribution is 2.17. The van der Waals surface area contributed by atoms with Crippen LogP contribution in [0.3, 0.4) is 0 Å². The average Bonchev–Trinajstić information content (AvgIpc) is 2.58. The van der Waals surface area contributed by atoms with Crippen molar-refractivity contribution in [2.24, 2.45) is 0 Å². The van der Waals surface area contributed by atoms with Gasteiger partial charge in [-0.1, -0.05) is 36.4 Å². The van der Waals surface area contributed by atoms with Gasteiger partial charge in [-0.15, -0.1) is 12.0 Å². The molecule has 1 aliphatic heterocycles. The van der Waals surface area contributed by atoms with Gasteiger partial charge in [0.05, 0.1) is 0 Å². The zero-order chi connectivity index (χ0) is 7.52. The van der Waals surface area contributed by atoms with E-state index >= 15 is 0 Å². The van der Waals surface area contributed by atoms with E-state index in [2.05, 4.69) is 42.3 Å². The third kappa shape index (κ3) is 1.27. The van der Waals surface area contributed by atoms with Gasteiger partial charge in [-0.25, -0.2) is 0 Å². The summed E-state index contributed by atoms with van der Waals surface area (Å²) < 4.78 is 0. The molecule has 0 N–H and O–H groups in total. The molecule has 1 heterocycles. The Hall–Kier alpha value is -1.24. The first-order valence-corrected chi connectivity index (χ1v) is 3.89. The SMILES string of the molecule is B1C=CC(c2ccccc2)=C1. The third-order valence-corrected chi connectivity index (χ3v) is 1.88. The fourth-order valence-corrected chi connectivity index (χ4v) is 1.30. The van der Waals surface area contributed by atoms with Crippen LogP contribution < -0.4 is 0 Å². The summed E-state index contributed by atoms with van der Waals surface area (Å²) in [6, 6.07) is 10.5. The van der Waals surface area contributed by atoms with Gasteiger partial charge < -0.3 is 0 Å². The van der Waals surface area contributed by atoms with E-state index in [0.29, 0.717) is 0 Å². The maximum Gasteiger partial charge on any atom is 0.174 e. The molecule has 1 aromatic carbocycles. The Bertz CT molecular complexity index is 296. The van der Waals surface area contributed by atoms with Crippen LogP contribution in [-0.2, 0) is 0 Å². The number of hydrogen-bond donors (Lipinski definition) is 0. The van der Waals surface area contributed by atoms with Crippen molar-refractivity contribution in [1.82, 2.24) is 0 Å². The van der Waals surface area contributed by atoms with Crippen LogP contribution in [0.2, 0.25) is 0 Å². The Morgan fingerprint density at radius 2 is 1.82 bits per heavy atom. The van der Waals surface area contributed by atoms with Crippen LogP contribution >= 0.6 is 0 Å². The predicted molar refractivity (Wildman–Crippen MR) is 50.7 cm³/mol. The summed E-state index contributed by atoms with van der Waals surface area (Å²) in [7, 11) is 1.09. The molecule has 0 aliphatic carbocycles. The fraction of sp³-hybridized carbons (Fsp3) is 0. The molecule has 0 saturated carbocycles. The molecular formula is C10H9B. The lowest BCUT2D eigenvalue weighted by atomic mass is 9.82. The maximum atomic E-state index is 2.25. The summed E-state index contributed by atoms with van der Waals surface area (Å²) in [5.41, 5.74) is 2.67. The number of rotatable bonds is 1. The molecule has 2 rings (SSSR count). The molecular weight excluding hydrogens is 131 g/mol. The lowest BCUT2D eigenvalue weighted by Crippen LogP contribution is -1.76. The molecule has 0 nitrogen and oxygen atoms in total. The summed E-state index contributed by atoms with van der Waals surface area (Å²) >= 11 is 0. The molecule has 1 heteroatoms. The van der Waals surface area contributed by atoms with Gasteiger partial charge in [0.1, 0.15) is 0 Å². The van der Waals surface area contributed by atoms with Crippen molar-refractivity contribution in [1.29, 1.82) is 0 Å². The van der Waals surface area contributed by atoms with Crippen LogP contribution in [0.25, 0.3) is 5.57 Å². The minimum absolute atomic E-state index is 1.09. The molecule has 1 aromatic rings. The summed E-state index contributed by atoms with van der Waals surface area (Å²) in [6.07, 6.45) is 2.18. The maximum absolute atomic E-state index is 2.25. The van der Waals surface area contributed by atoms with E-state index in [-0.39, 0.29) is 0 Å². The lowest BCUT2D eigenvalue weighted by Gasteiger charge is -1.97. The zero-order valence-electron chi connectivity index (χ0n) is 6.33. The normalized spacial score (nSPS) is 14.4. The topological polar surface area (TPSA) is 0 Å². The van der Waals surface area contributed by atoms with Gasteiger partial charge in [0, 0.05) is 0 Å². The zero-order valence-corrected chi connectivity index (χ0v) is 6.33. The van der Waals surface area contributed by atoms with Crippen LogP contribution in [0.5, 0.6) is 0 Å². The van der Waals surface area contributed by atoms with E-state index in [4.69, 9.17) is 0 Å². The van der Waals surface area contributed by atoms with Crippen LogP contribution in [0.4, 0.5) is 0 Å². The van der Waals surface area contributed by atoms with E-state index in [1.165, 1.54) is 11.1 Å². The summed E-state index contributed by atoms with van der Waals surface area (Å²) in [6.45, 7) is 0. The van der Waals surface area contributed by atoms with Crippen molar-refractivity contribution in [2.45, 2.75) is 0 Å². The molecule has 0 spiro atoms. The summed E-state index contributed by atoms with van der Waals surface area (Å²) in [5.74, 6) is 4.43. The minimum Gasteiger partial charge on any atom is -0.114 e. The highest BCUT2D eigenvalue weighted by Gasteiger charge is 1.99. The Balaban J connectivity index is 2.37. The second-order valence-electron chi connectivity index (χ2n) is 2.66. The highest BCUT2D eigenvalue weighted by atomic mass is 14.0. The van der Waals surface area contributed by atoms with Gasteiger partial charge in [-0.3, -0.25) is 0 Å². The first-order chi connectivity index (χ1) is 5.47. The number of hydrogen-bond acceptors (Lipinski definition) is 0. The average molecular weight is 140 g/mol. The second kappa shape index (κ2) is 2.79. The molecule has 0 fully saturated rings. The van der Waals surface area contributed by atoms with Gasteiger partial charge in [0.15, 0.2) is 7.28 Å². The Morgan fingerprint density at radius 3 is 2.45 bits per heavy atom. The van der Waals surface area contributed by atoms with Crippen molar-refractivity contribution in [3.05, 3.63) is 53.9 Å². The molecule has 11 heavy (non-hydrogen) atoms. The van der Waals surface area contributed by atoms with E-state index in [0.717, 1.165) is 7.28 Å². The Labute approximate surface area is 67.5 Å². The van der Waals surface area contributed by atoms with Gasteiger partial charge >= 0.3 is 0 Å². The lowest BCUT2D eigenvalue weighted by molar-refractivity contribution is 1.63. The van der Waals surface area contributed by atoms with Crippen molar-refractivity contribution in [2.75, 3.05) is 0 Å². The highest BCUT2D eigenvalue weighted by molar-refractivity contribution is 6.52. The van der Waals surface area contributed by atoms with E-state index in [9.17, 15) is 0 Å². The molecule has 0 aromatic heterocycles. The first-order valence-electron chi connectivity index (χ1n) is 3.89. The Morgan fingerprint density at radius 1 is 1.00 bits per heavy atom. The molecule has 0 unspecified atom stereocenters. The molecule has 52 valence electrons. The molecule has 0 saturated heterocycles. The van der Waals surface area contributed by atoms with Crippen molar-refractivity contribution >= 4 is 12.9 Å².